The molecule has 18 heavy (non-hydrogen) atoms. The van der Waals surface area contributed by atoms with Crippen molar-refractivity contribution < 1.29 is 19.1 Å². The lowest BCUT2D eigenvalue weighted by molar-refractivity contribution is 0.0690. The van der Waals surface area contributed by atoms with Gasteiger partial charge in [0.05, 0.1) is 11.9 Å². The summed E-state index contributed by atoms with van der Waals surface area (Å²) in [6.07, 6.45) is 1.27. The van der Waals surface area contributed by atoms with E-state index >= 15 is 0 Å². The SMILES string of the molecule is Cc1ccc(C(=O)Nc2ccc(C(=O)O)nc2)o1. The summed E-state index contributed by atoms with van der Waals surface area (Å²) in [5, 5.41) is 11.2. The van der Waals surface area contributed by atoms with Crippen molar-refractivity contribution in [2.75, 3.05) is 5.32 Å². The van der Waals surface area contributed by atoms with E-state index in [4.69, 9.17) is 9.52 Å². The number of aryl methyl sites for hydroxylation is 1. The predicted octanol–water partition coefficient (Wildman–Crippen LogP) is 1.93. The van der Waals surface area contributed by atoms with Gasteiger partial charge < -0.3 is 14.8 Å². The number of carboxylic acid groups (broad SMARTS) is 1. The number of carbonyl (C=O) groups excluding carboxylic acids is 1. The molecule has 0 aromatic carbocycles. The van der Waals surface area contributed by atoms with E-state index in [9.17, 15) is 9.59 Å². The fraction of sp³-hybridized carbons (Fsp3) is 0.0833. The third kappa shape index (κ3) is 2.54. The van der Waals surface area contributed by atoms with Crippen LogP contribution in [0.1, 0.15) is 26.8 Å². The Balaban J connectivity index is 2.10. The second kappa shape index (κ2) is 4.70. The number of carbonyl (C=O) groups is 2. The number of amides is 1. The molecule has 6 nitrogen and oxygen atoms in total. The molecule has 2 aromatic rings. The lowest BCUT2D eigenvalue weighted by Crippen LogP contribution is -2.11. The molecule has 2 rings (SSSR count). The fourth-order valence-corrected chi connectivity index (χ4v) is 1.34. The van der Waals surface area contributed by atoms with Crippen LogP contribution in [0.5, 0.6) is 0 Å². The minimum Gasteiger partial charge on any atom is -0.477 e. The highest BCUT2D eigenvalue weighted by atomic mass is 16.4. The van der Waals surface area contributed by atoms with Crippen molar-refractivity contribution in [1.29, 1.82) is 0 Å². The standard InChI is InChI=1S/C12H10N2O4/c1-7-2-5-10(18-7)11(15)14-8-3-4-9(12(16)17)13-6-8/h2-6H,1H3,(H,14,15)(H,16,17). The summed E-state index contributed by atoms with van der Waals surface area (Å²) < 4.78 is 5.15. The zero-order valence-corrected chi connectivity index (χ0v) is 9.51. The molecule has 2 N–H and O–H groups in total. The summed E-state index contributed by atoms with van der Waals surface area (Å²) in [4.78, 5) is 26.0. The molecule has 0 radical (unpaired) electrons. The number of hydrogen-bond acceptors (Lipinski definition) is 4. The monoisotopic (exact) mass is 246 g/mol. The van der Waals surface area contributed by atoms with Crippen molar-refractivity contribution in [3.8, 4) is 0 Å². The second-order valence-corrected chi connectivity index (χ2v) is 3.60. The van der Waals surface area contributed by atoms with Gasteiger partial charge in [0.25, 0.3) is 5.91 Å². The van der Waals surface area contributed by atoms with Gasteiger partial charge in [-0.25, -0.2) is 9.78 Å². The summed E-state index contributed by atoms with van der Waals surface area (Å²) in [6, 6.07) is 6.01. The smallest absolute Gasteiger partial charge is 0.354 e. The minimum atomic E-state index is -1.12. The van der Waals surface area contributed by atoms with Gasteiger partial charge in [-0.05, 0) is 31.2 Å². The quantitative estimate of drug-likeness (QED) is 0.863. The summed E-state index contributed by atoms with van der Waals surface area (Å²) in [5.41, 5.74) is 0.320. The molecule has 0 aliphatic rings. The molecular weight excluding hydrogens is 236 g/mol. The van der Waals surface area contributed by atoms with Gasteiger partial charge >= 0.3 is 5.97 Å². The lowest BCUT2D eigenvalue weighted by atomic mass is 10.3. The number of furan rings is 1. The number of aromatic carboxylic acids is 1. The highest BCUT2D eigenvalue weighted by Crippen LogP contribution is 2.11. The van der Waals surface area contributed by atoms with Gasteiger partial charge in [-0.15, -0.1) is 0 Å². The Morgan fingerprint density at radius 2 is 2.06 bits per heavy atom. The Kier molecular flexibility index (Phi) is 3.09. The van der Waals surface area contributed by atoms with E-state index < -0.39 is 11.9 Å². The zero-order chi connectivity index (χ0) is 13.1. The average Bonchev–Trinajstić information content (AvgIpc) is 2.76. The topological polar surface area (TPSA) is 92.4 Å². The molecule has 0 unspecified atom stereocenters. The van der Waals surface area contributed by atoms with Gasteiger partial charge in [0.15, 0.2) is 5.76 Å². The van der Waals surface area contributed by atoms with Crippen LogP contribution in [0.25, 0.3) is 0 Å². The van der Waals surface area contributed by atoms with Gasteiger partial charge in [0, 0.05) is 0 Å². The molecule has 0 aliphatic heterocycles. The number of nitrogens with zero attached hydrogens (tertiary/aromatic N) is 1. The molecule has 2 aromatic heterocycles. The van der Waals surface area contributed by atoms with E-state index in [2.05, 4.69) is 10.3 Å². The van der Waals surface area contributed by atoms with Gasteiger partial charge in [-0.3, -0.25) is 4.79 Å². The average molecular weight is 246 g/mol. The van der Waals surface area contributed by atoms with Crippen LogP contribution in [0.15, 0.2) is 34.9 Å². The van der Waals surface area contributed by atoms with Crippen LogP contribution < -0.4 is 5.32 Å². The zero-order valence-electron chi connectivity index (χ0n) is 9.51. The molecule has 0 atom stereocenters. The van der Waals surface area contributed by atoms with Crippen LogP contribution in [0.3, 0.4) is 0 Å². The molecule has 2 heterocycles. The van der Waals surface area contributed by atoms with Crippen molar-refractivity contribution in [2.45, 2.75) is 6.92 Å². The van der Waals surface area contributed by atoms with Crippen LogP contribution >= 0.6 is 0 Å². The molecule has 92 valence electrons. The van der Waals surface area contributed by atoms with Crippen molar-refractivity contribution in [2.24, 2.45) is 0 Å². The van der Waals surface area contributed by atoms with Crippen LogP contribution in [0.4, 0.5) is 5.69 Å². The summed E-state index contributed by atoms with van der Waals surface area (Å²) in [7, 11) is 0. The van der Waals surface area contributed by atoms with Crippen LogP contribution in [-0.4, -0.2) is 22.0 Å². The first-order valence-electron chi connectivity index (χ1n) is 5.13. The molecule has 0 spiro atoms. The highest BCUT2D eigenvalue weighted by Gasteiger charge is 2.11. The summed E-state index contributed by atoms with van der Waals surface area (Å²) in [6.45, 7) is 1.74. The van der Waals surface area contributed by atoms with Crippen molar-refractivity contribution in [3.63, 3.8) is 0 Å². The first kappa shape index (κ1) is 11.8. The molecule has 6 heteroatoms. The van der Waals surface area contributed by atoms with E-state index in [0.717, 1.165) is 0 Å². The van der Waals surface area contributed by atoms with E-state index in [1.165, 1.54) is 18.3 Å². The number of carboxylic acids is 1. The van der Waals surface area contributed by atoms with Crippen LogP contribution in [0.2, 0.25) is 0 Å². The molecule has 1 amide bonds. The Morgan fingerprint density at radius 3 is 2.56 bits per heavy atom. The van der Waals surface area contributed by atoms with Crippen molar-refractivity contribution in [1.82, 2.24) is 4.98 Å². The maximum Gasteiger partial charge on any atom is 0.354 e. The lowest BCUT2D eigenvalue weighted by Gasteiger charge is -2.02. The van der Waals surface area contributed by atoms with E-state index in [0.29, 0.717) is 11.4 Å². The maximum atomic E-state index is 11.7. The maximum absolute atomic E-state index is 11.7. The normalized spacial score (nSPS) is 10.1. The van der Waals surface area contributed by atoms with Crippen LogP contribution in [0, 0.1) is 6.92 Å². The minimum absolute atomic E-state index is 0.0816. The van der Waals surface area contributed by atoms with E-state index in [1.54, 1.807) is 19.1 Å². The molecular formula is C12H10N2O4. The number of rotatable bonds is 3. The second-order valence-electron chi connectivity index (χ2n) is 3.60. The molecule has 0 saturated carbocycles. The highest BCUT2D eigenvalue weighted by molar-refractivity contribution is 6.02. The van der Waals surface area contributed by atoms with E-state index in [-0.39, 0.29) is 11.5 Å². The van der Waals surface area contributed by atoms with Gasteiger partial charge in [0.2, 0.25) is 0 Å². The Labute approximate surface area is 102 Å². The van der Waals surface area contributed by atoms with Crippen molar-refractivity contribution in [3.05, 3.63) is 47.7 Å². The number of anilines is 1. The number of aromatic nitrogens is 1. The first-order chi connectivity index (χ1) is 8.56. The largest absolute Gasteiger partial charge is 0.477 e. The third-order valence-electron chi connectivity index (χ3n) is 2.20. The number of hydrogen-bond donors (Lipinski definition) is 2. The van der Waals surface area contributed by atoms with Gasteiger partial charge in [-0.2, -0.15) is 0 Å². The third-order valence-corrected chi connectivity index (χ3v) is 2.20. The first-order valence-corrected chi connectivity index (χ1v) is 5.13. The molecule has 0 bridgehead atoms. The molecule has 0 fully saturated rings. The summed E-state index contributed by atoms with van der Waals surface area (Å²) in [5.74, 6) is -0.697. The van der Waals surface area contributed by atoms with Crippen LogP contribution in [-0.2, 0) is 0 Å². The van der Waals surface area contributed by atoms with Gasteiger partial charge in [-0.1, -0.05) is 0 Å². The Hall–Kier alpha value is -2.63. The number of nitrogens with one attached hydrogen (secondary N) is 1. The molecule has 0 aliphatic carbocycles. The Morgan fingerprint density at radius 1 is 1.28 bits per heavy atom. The van der Waals surface area contributed by atoms with Gasteiger partial charge in [0.1, 0.15) is 11.5 Å². The number of pyridine rings is 1. The van der Waals surface area contributed by atoms with E-state index in [1.807, 2.05) is 0 Å². The molecule has 0 saturated heterocycles. The summed E-state index contributed by atoms with van der Waals surface area (Å²) >= 11 is 0. The van der Waals surface area contributed by atoms with Crippen molar-refractivity contribution >= 4 is 17.6 Å². The predicted molar refractivity (Wildman–Crippen MR) is 62.6 cm³/mol. The Bertz CT molecular complexity index is 586. The fourth-order valence-electron chi connectivity index (χ4n) is 1.34.